The molecule has 0 spiro atoms. The van der Waals surface area contributed by atoms with Crippen molar-refractivity contribution in [2.75, 3.05) is 13.7 Å². The molecule has 7 nitrogen and oxygen atoms in total. The van der Waals surface area contributed by atoms with E-state index in [4.69, 9.17) is 14.5 Å². The summed E-state index contributed by atoms with van der Waals surface area (Å²) in [7, 11) is 3.65. The zero-order valence-electron chi connectivity index (χ0n) is 15.6. The van der Waals surface area contributed by atoms with Gasteiger partial charge in [-0.3, -0.25) is 9.88 Å². The Morgan fingerprint density at radius 1 is 1.19 bits per heavy atom. The van der Waals surface area contributed by atoms with Crippen molar-refractivity contribution in [3.8, 4) is 17.4 Å². The van der Waals surface area contributed by atoms with Crippen LogP contribution >= 0.6 is 0 Å². The van der Waals surface area contributed by atoms with E-state index in [9.17, 15) is 0 Å². The second-order valence-electron chi connectivity index (χ2n) is 6.62. The number of aryl methyl sites for hydroxylation is 1. The van der Waals surface area contributed by atoms with E-state index in [0.717, 1.165) is 37.4 Å². The minimum atomic E-state index is 0.218. The zero-order valence-corrected chi connectivity index (χ0v) is 15.6. The van der Waals surface area contributed by atoms with Crippen LogP contribution in [0.5, 0.6) is 17.4 Å². The first-order chi connectivity index (χ1) is 13.2. The fourth-order valence-corrected chi connectivity index (χ4v) is 3.47. The quantitative estimate of drug-likeness (QED) is 0.667. The van der Waals surface area contributed by atoms with Gasteiger partial charge in [0.1, 0.15) is 5.82 Å². The molecule has 1 saturated heterocycles. The van der Waals surface area contributed by atoms with Gasteiger partial charge in [0.15, 0.2) is 11.5 Å². The first-order valence-corrected chi connectivity index (χ1v) is 9.07. The van der Waals surface area contributed by atoms with Crippen LogP contribution in [0.4, 0.5) is 0 Å². The average molecular weight is 365 g/mol. The Kier molecular flexibility index (Phi) is 5.02. The Hall–Kier alpha value is -2.93. The average Bonchev–Trinajstić information content (AvgIpc) is 3.32. The Labute approximate surface area is 158 Å². The SMILES string of the molecule is COc1ccccc1Oc1cncc([C@H]2CCCN2Cc2nccn2C)n1. The third kappa shape index (κ3) is 3.78. The van der Waals surface area contributed by atoms with E-state index in [2.05, 4.69) is 19.4 Å². The standard InChI is InChI=1S/C20H23N5O2/c1-24-11-9-22-19(24)14-25-10-5-6-16(25)15-12-21-13-20(23-15)27-18-8-4-3-7-17(18)26-2/h3-4,7-9,11-13,16H,5-6,10,14H2,1-2H3/t16-/m1/s1. The molecule has 1 atom stereocenters. The summed E-state index contributed by atoms with van der Waals surface area (Å²) in [6.07, 6.45) is 9.46. The molecule has 0 radical (unpaired) electrons. The highest BCUT2D eigenvalue weighted by molar-refractivity contribution is 5.41. The summed E-state index contributed by atoms with van der Waals surface area (Å²) in [5.74, 6) is 2.82. The summed E-state index contributed by atoms with van der Waals surface area (Å²) in [5.41, 5.74) is 0.925. The third-order valence-corrected chi connectivity index (χ3v) is 4.89. The minimum absolute atomic E-state index is 0.218. The van der Waals surface area contributed by atoms with E-state index in [-0.39, 0.29) is 6.04 Å². The molecule has 1 aliphatic heterocycles. The summed E-state index contributed by atoms with van der Waals surface area (Å²) in [6, 6.07) is 7.74. The summed E-state index contributed by atoms with van der Waals surface area (Å²) in [6.45, 7) is 1.82. The Morgan fingerprint density at radius 2 is 2.04 bits per heavy atom. The van der Waals surface area contributed by atoms with E-state index in [1.165, 1.54) is 0 Å². The van der Waals surface area contributed by atoms with Crippen molar-refractivity contribution >= 4 is 0 Å². The van der Waals surface area contributed by atoms with Crippen LogP contribution in [0.25, 0.3) is 0 Å². The Balaban J connectivity index is 1.53. The molecule has 1 aromatic carbocycles. The second kappa shape index (κ2) is 7.75. The van der Waals surface area contributed by atoms with Gasteiger partial charge in [0.2, 0.25) is 5.88 Å². The maximum absolute atomic E-state index is 5.93. The number of hydrogen-bond donors (Lipinski definition) is 0. The van der Waals surface area contributed by atoms with Gasteiger partial charge in [0.25, 0.3) is 0 Å². The molecule has 0 aliphatic carbocycles. The monoisotopic (exact) mass is 365 g/mol. The number of likely N-dealkylation sites (tertiary alicyclic amines) is 1. The van der Waals surface area contributed by atoms with Crippen LogP contribution in [0.2, 0.25) is 0 Å². The maximum Gasteiger partial charge on any atom is 0.238 e. The van der Waals surface area contributed by atoms with Gasteiger partial charge in [-0.2, -0.15) is 0 Å². The number of hydrogen-bond acceptors (Lipinski definition) is 6. The molecule has 1 aliphatic rings. The molecule has 27 heavy (non-hydrogen) atoms. The summed E-state index contributed by atoms with van der Waals surface area (Å²) in [5, 5.41) is 0. The molecule has 3 aromatic rings. The van der Waals surface area contributed by atoms with Gasteiger partial charge in [-0.15, -0.1) is 0 Å². The van der Waals surface area contributed by atoms with E-state index >= 15 is 0 Å². The number of rotatable bonds is 6. The lowest BCUT2D eigenvalue weighted by Crippen LogP contribution is -2.25. The molecule has 7 heteroatoms. The predicted molar refractivity (Wildman–Crippen MR) is 101 cm³/mol. The second-order valence-corrected chi connectivity index (χ2v) is 6.62. The molecule has 3 heterocycles. The first-order valence-electron chi connectivity index (χ1n) is 9.07. The van der Waals surface area contributed by atoms with Crippen LogP contribution in [-0.2, 0) is 13.6 Å². The number of imidazole rings is 1. The van der Waals surface area contributed by atoms with Gasteiger partial charge in [-0.25, -0.2) is 9.97 Å². The lowest BCUT2D eigenvalue weighted by atomic mass is 10.1. The van der Waals surface area contributed by atoms with Gasteiger partial charge >= 0.3 is 0 Å². The van der Waals surface area contributed by atoms with Crippen molar-refractivity contribution in [3.05, 3.63) is 60.6 Å². The van der Waals surface area contributed by atoms with E-state index in [0.29, 0.717) is 17.4 Å². The van der Waals surface area contributed by atoms with Crippen LogP contribution in [0, 0.1) is 0 Å². The van der Waals surface area contributed by atoms with Gasteiger partial charge in [0, 0.05) is 19.4 Å². The fourth-order valence-electron chi connectivity index (χ4n) is 3.47. The van der Waals surface area contributed by atoms with Crippen LogP contribution in [0.1, 0.15) is 30.4 Å². The molecule has 0 N–H and O–H groups in total. The molecule has 4 rings (SSSR count). The third-order valence-electron chi connectivity index (χ3n) is 4.89. The number of aromatic nitrogens is 4. The molecule has 0 saturated carbocycles. The van der Waals surface area contributed by atoms with E-state index in [1.807, 2.05) is 49.9 Å². The molecular weight excluding hydrogens is 342 g/mol. The molecule has 1 fully saturated rings. The maximum atomic E-state index is 5.93. The van der Waals surface area contributed by atoms with E-state index < -0.39 is 0 Å². The number of nitrogens with zero attached hydrogens (tertiary/aromatic N) is 5. The predicted octanol–water partition coefficient (Wildman–Crippen LogP) is 3.35. The highest BCUT2D eigenvalue weighted by Gasteiger charge is 2.28. The summed E-state index contributed by atoms with van der Waals surface area (Å²) >= 11 is 0. The van der Waals surface area contributed by atoms with Gasteiger partial charge in [0.05, 0.1) is 37.8 Å². The van der Waals surface area contributed by atoms with Crippen molar-refractivity contribution < 1.29 is 9.47 Å². The molecule has 0 bridgehead atoms. The van der Waals surface area contributed by atoms with Crippen molar-refractivity contribution in [2.24, 2.45) is 7.05 Å². The molecule has 140 valence electrons. The first kappa shape index (κ1) is 17.5. The number of para-hydroxylation sites is 2. The van der Waals surface area contributed by atoms with Gasteiger partial charge in [-0.05, 0) is 31.5 Å². The van der Waals surface area contributed by atoms with Crippen molar-refractivity contribution in [3.63, 3.8) is 0 Å². The summed E-state index contributed by atoms with van der Waals surface area (Å²) in [4.78, 5) is 15.9. The zero-order chi connectivity index (χ0) is 18.6. The Morgan fingerprint density at radius 3 is 2.81 bits per heavy atom. The lowest BCUT2D eigenvalue weighted by Gasteiger charge is -2.23. The highest BCUT2D eigenvalue weighted by Crippen LogP contribution is 2.34. The number of methoxy groups -OCH3 is 1. The molecular formula is C20H23N5O2. The smallest absolute Gasteiger partial charge is 0.238 e. The highest BCUT2D eigenvalue weighted by atomic mass is 16.5. The number of ether oxygens (including phenoxy) is 2. The molecule has 0 unspecified atom stereocenters. The van der Waals surface area contributed by atoms with E-state index in [1.54, 1.807) is 13.3 Å². The topological polar surface area (TPSA) is 65.3 Å². The minimum Gasteiger partial charge on any atom is -0.493 e. The molecule has 0 amide bonds. The van der Waals surface area contributed by atoms with Gasteiger partial charge in [-0.1, -0.05) is 12.1 Å². The largest absolute Gasteiger partial charge is 0.493 e. The van der Waals surface area contributed by atoms with Crippen LogP contribution in [0.3, 0.4) is 0 Å². The normalized spacial score (nSPS) is 17.2. The fraction of sp³-hybridized carbons (Fsp3) is 0.350. The van der Waals surface area contributed by atoms with Crippen molar-refractivity contribution in [2.45, 2.75) is 25.4 Å². The van der Waals surface area contributed by atoms with Crippen LogP contribution in [-0.4, -0.2) is 38.1 Å². The van der Waals surface area contributed by atoms with Crippen molar-refractivity contribution in [1.29, 1.82) is 0 Å². The molecule has 2 aromatic heterocycles. The van der Waals surface area contributed by atoms with Crippen LogP contribution in [0.15, 0.2) is 49.1 Å². The van der Waals surface area contributed by atoms with Gasteiger partial charge < -0.3 is 14.0 Å². The Bertz CT molecular complexity index is 911. The van der Waals surface area contributed by atoms with Crippen LogP contribution < -0.4 is 9.47 Å². The number of benzene rings is 1. The lowest BCUT2D eigenvalue weighted by molar-refractivity contribution is 0.234. The summed E-state index contributed by atoms with van der Waals surface area (Å²) < 4.78 is 13.3. The van der Waals surface area contributed by atoms with Crippen molar-refractivity contribution in [1.82, 2.24) is 24.4 Å².